The molecular weight excluding hydrogens is 265 g/mol. The molecule has 1 aromatic rings. The van der Waals surface area contributed by atoms with Crippen molar-refractivity contribution in [2.75, 3.05) is 0 Å². The molecule has 0 aromatic carbocycles. The smallest absolute Gasteiger partial charge is 0.225 e. The van der Waals surface area contributed by atoms with Crippen molar-refractivity contribution in [2.24, 2.45) is 5.14 Å². The van der Waals surface area contributed by atoms with E-state index in [4.69, 9.17) is 39.9 Å². The molecule has 0 radical (unpaired) electrons. The summed E-state index contributed by atoms with van der Waals surface area (Å²) in [7, 11) is -3.88. The highest BCUT2D eigenvalue weighted by molar-refractivity contribution is 7.89. The van der Waals surface area contributed by atoms with Crippen molar-refractivity contribution in [1.29, 1.82) is 0 Å². The van der Waals surface area contributed by atoms with E-state index in [1.54, 1.807) is 0 Å². The number of thiophene rings is 1. The first kappa shape index (κ1) is 10.6. The molecule has 1 aromatic heterocycles. The van der Waals surface area contributed by atoms with Gasteiger partial charge >= 0.3 is 0 Å². The van der Waals surface area contributed by atoms with Crippen LogP contribution >= 0.6 is 46.1 Å². The van der Waals surface area contributed by atoms with Crippen LogP contribution in [0.15, 0.2) is 4.90 Å². The second-order valence-electron chi connectivity index (χ2n) is 1.84. The first-order valence-electron chi connectivity index (χ1n) is 2.50. The number of primary sulfonamides is 1. The van der Waals surface area contributed by atoms with Crippen LogP contribution in [0.1, 0.15) is 0 Å². The Morgan fingerprint density at radius 2 is 1.67 bits per heavy atom. The summed E-state index contributed by atoms with van der Waals surface area (Å²) in [5.41, 5.74) is 0. The third-order valence-electron chi connectivity index (χ3n) is 1.01. The zero-order valence-electron chi connectivity index (χ0n) is 5.34. The molecule has 0 saturated heterocycles. The van der Waals surface area contributed by atoms with E-state index in [-0.39, 0.29) is 18.6 Å². The predicted octanol–water partition coefficient (Wildman–Crippen LogP) is 2.36. The van der Waals surface area contributed by atoms with Gasteiger partial charge < -0.3 is 0 Å². The lowest BCUT2D eigenvalue weighted by molar-refractivity contribution is 0.598. The van der Waals surface area contributed by atoms with Crippen LogP contribution in [0.5, 0.6) is 0 Å². The van der Waals surface area contributed by atoms with Crippen LogP contribution < -0.4 is 5.14 Å². The fourth-order valence-electron chi connectivity index (χ4n) is 0.582. The van der Waals surface area contributed by atoms with Gasteiger partial charge in [-0.15, -0.1) is 11.3 Å². The average Bonchev–Trinajstić information content (AvgIpc) is 2.05. The Kier molecular flexibility index (Phi) is 2.92. The van der Waals surface area contributed by atoms with Gasteiger partial charge in [-0.3, -0.25) is 0 Å². The zero-order chi connectivity index (χ0) is 9.52. The maximum atomic E-state index is 10.8. The van der Waals surface area contributed by atoms with Crippen molar-refractivity contribution < 1.29 is 8.42 Å². The van der Waals surface area contributed by atoms with E-state index in [1.807, 2.05) is 0 Å². The number of rotatable bonds is 1. The Bertz CT molecular complexity index is 410. The highest BCUT2D eigenvalue weighted by Crippen LogP contribution is 2.41. The number of hydrogen-bond donors (Lipinski definition) is 1. The van der Waals surface area contributed by atoms with Crippen molar-refractivity contribution in [3.8, 4) is 0 Å². The first-order valence-corrected chi connectivity index (χ1v) is 6.00. The molecule has 0 aliphatic carbocycles. The first-order chi connectivity index (χ1) is 5.34. The third kappa shape index (κ3) is 1.86. The van der Waals surface area contributed by atoms with Crippen LogP contribution in [0.2, 0.25) is 13.7 Å². The van der Waals surface area contributed by atoms with Crippen molar-refractivity contribution in [1.82, 2.24) is 0 Å². The zero-order valence-corrected chi connectivity index (χ0v) is 9.25. The molecule has 0 aliphatic heterocycles. The molecule has 12 heavy (non-hydrogen) atoms. The maximum Gasteiger partial charge on any atom is 0.241 e. The van der Waals surface area contributed by atoms with Crippen molar-refractivity contribution >= 4 is 56.2 Å². The molecule has 0 atom stereocenters. The summed E-state index contributed by atoms with van der Waals surface area (Å²) in [6.07, 6.45) is 0. The molecule has 0 spiro atoms. The fraction of sp³-hybridized carbons (Fsp3) is 0. The standard InChI is InChI=1S/C4H2Cl3NO2S2/c5-1-2(12(8,9)10)4(7)11-3(1)6/h(H2,8,9,10). The number of sulfonamides is 1. The van der Waals surface area contributed by atoms with Gasteiger partial charge in [-0.1, -0.05) is 34.8 Å². The van der Waals surface area contributed by atoms with E-state index >= 15 is 0 Å². The second kappa shape index (κ2) is 3.32. The number of halogens is 3. The van der Waals surface area contributed by atoms with Crippen LogP contribution in [0.25, 0.3) is 0 Å². The molecule has 0 amide bonds. The van der Waals surface area contributed by atoms with Crippen LogP contribution in [-0.4, -0.2) is 8.42 Å². The van der Waals surface area contributed by atoms with Crippen molar-refractivity contribution in [3.05, 3.63) is 13.7 Å². The van der Waals surface area contributed by atoms with Crippen molar-refractivity contribution in [2.45, 2.75) is 4.90 Å². The Morgan fingerprint density at radius 3 is 1.83 bits per heavy atom. The van der Waals surface area contributed by atoms with E-state index in [2.05, 4.69) is 0 Å². The van der Waals surface area contributed by atoms with E-state index in [0.29, 0.717) is 0 Å². The van der Waals surface area contributed by atoms with Crippen LogP contribution in [0.3, 0.4) is 0 Å². The lowest BCUT2D eigenvalue weighted by Gasteiger charge is -1.94. The highest BCUT2D eigenvalue weighted by Gasteiger charge is 2.22. The minimum absolute atomic E-state index is 0.0208. The van der Waals surface area contributed by atoms with Gasteiger partial charge in [0.2, 0.25) is 10.0 Å². The summed E-state index contributed by atoms with van der Waals surface area (Å²) in [6, 6.07) is 0. The average molecular weight is 267 g/mol. The molecule has 8 heteroatoms. The summed E-state index contributed by atoms with van der Waals surface area (Å²) < 4.78 is 21.8. The van der Waals surface area contributed by atoms with Crippen molar-refractivity contribution in [3.63, 3.8) is 0 Å². The summed E-state index contributed by atoms with van der Waals surface area (Å²) in [5.74, 6) is 0. The van der Waals surface area contributed by atoms with E-state index in [9.17, 15) is 8.42 Å². The van der Waals surface area contributed by atoms with E-state index < -0.39 is 10.0 Å². The molecule has 68 valence electrons. The summed E-state index contributed by atoms with van der Waals surface area (Å²) in [6.45, 7) is 0. The highest BCUT2D eigenvalue weighted by atomic mass is 35.5. The lowest BCUT2D eigenvalue weighted by Crippen LogP contribution is -2.11. The lowest BCUT2D eigenvalue weighted by atomic mass is 10.6. The van der Waals surface area contributed by atoms with E-state index in [0.717, 1.165) is 11.3 Å². The number of nitrogens with two attached hydrogens (primary N) is 1. The second-order valence-corrected chi connectivity index (χ2v) is 5.94. The van der Waals surface area contributed by atoms with Gasteiger partial charge in [0, 0.05) is 0 Å². The van der Waals surface area contributed by atoms with Crippen LogP contribution in [-0.2, 0) is 10.0 Å². The topological polar surface area (TPSA) is 60.2 Å². The Labute approximate surface area is 88.1 Å². The van der Waals surface area contributed by atoms with E-state index in [1.165, 1.54) is 0 Å². The molecule has 3 nitrogen and oxygen atoms in total. The summed E-state index contributed by atoms with van der Waals surface area (Å²) >= 11 is 17.4. The van der Waals surface area contributed by atoms with Gasteiger partial charge in [0.25, 0.3) is 0 Å². The Morgan fingerprint density at radius 1 is 1.17 bits per heavy atom. The predicted molar refractivity (Wildman–Crippen MR) is 50.7 cm³/mol. The van der Waals surface area contributed by atoms with Gasteiger partial charge in [-0.05, 0) is 0 Å². The molecule has 1 heterocycles. The monoisotopic (exact) mass is 265 g/mol. The fourth-order valence-corrected chi connectivity index (χ4v) is 4.03. The molecular formula is C4H2Cl3NO2S2. The minimum Gasteiger partial charge on any atom is -0.225 e. The van der Waals surface area contributed by atoms with Crippen LogP contribution in [0, 0.1) is 0 Å². The van der Waals surface area contributed by atoms with Gasteiger partial charge in [0.1, 0.15) is 13.6 Å². The third-order valence-corrected chi connectivity index (χ3v) is 4.54. The molecule has 1 rings (SSSR count). The van der Waals surface area contributed by atoms with Crippen LogP contribution in [0.4, 0.5) is 0 Å². The maximum absolute atomic E-state index is 10.8. The van der Waals surface area contributed by atoms with Gasteiger partial charge in [0.05, 0.1) is 5.02 Å². The molecule has 0 saturated carbocycles. The minimum atomic E-state index is -3.88. The normalized spacial score (nSPS) is 12.0. The molecule has 0 unspecified atom stereocenters. The summed E-state index contributed by atoms with van der Waals surface area (Å²) in [5, 5.41) is 4.71. The SMILES string of the molecule is NS(=O)(=O)c1c(Cl)sc(Cl)c1Cl. The molecule has 0 bridgehead atoms. The largest absolute Gasteiger partial charge is 0.241 e. The van der Waals surface area contributed by atoms with Gasteiger partial charge in [-0.25, -0.2) is 13.6 Å². The molecule has 2 N–H and O–H groups in total. The van der Waals surface area contributed by atoms with Gasteiger partial charge in [0.15, 0.2) is 0 Å². The molecule has 0 fully saturated rings. The van der Waals surface area contributed by atoms with Gasteiger partial charge in [-0.2, -0.15) is 0 Å². The Hall–Kier alpha value is 0.480. The summed E-state index contributed by atoms with van der Waals surface area (Å²) in [4.78, 5) is -0.305. The molecule has 0 aliphatic rings. The Balaban J connectivity index is 3.54. The number of hydrogen-bond acceptors (Lipinski definition) is 3. The quantitative estimate of drug-likeness (QED) is 0.848.